The fourth-order valence-corrected chi connectivity index (χ4v) is 3.51. The standard InChI is InChI=1S/C17H18N2S/c1-2-12-9-10-20-17(12)15(18)11-14-8-7-13-5-3-4-6-16(13)19-14/h3-10,15H,2,11,18H2,1H3. The van der Waals surface area contributed by atoms with Gasteiger partial charge < -0.3 is 5.73 Å². The number of pyridine rings is 1. The number of aromatic nitrogens is 1. The second kappa shape index (κ2) is 5.73. The molecule has 1 unspecified atom stereocenters. The van der Waals surface area contributed by atoms with Crippen molar-refractivity contribution < 1.29 is 0 Å². The van der Waals surface area contributed by atoms with Crippen LogP contribution in [0.2, 0.25) is 0 Å². The van der Waals surface area contributed by atoms with Crippen LogP contribution in [0.5, 0.6) is 0 Å². The summed E-state index contributed by atoms with van der Waals surface area (Å²) in [6.45, 7) is 2.17. The molecule has 0 spiro atoms. The molecule has 0 amide bonds. The highest BCUT2D eigenvalue weighted by Gasteiger charge is 2.13. The molecule has 3 heteroatoms. The number of nitrogens with two attached hydrogens (primary N) is 1. The first-order valence-electron chi connectivity index (χ1n) is 6.94. The van der Waals surface area contributed by atoms with E-state index in [-0.39, 0.29) is 6.04 Å². The number of hydrogen-bond acceptors (Lipinski definition) is 3. The van der Waals surface area contributed by atoms with Gasteiger partial charge in [0, 0.05) is 28.4 Å². The van der Waals surface area contributed by atoms with E-state index < -0.39 is 0 Å². The predicted molar refractivity (Wildman–Crippen MR) is 86.1 cm³/mol. The van der Waals surface area contributed by atoms with Crippen LogP contribution in [0.4, 0.5) is 0 Å². The first-order chi connectivity index (χ1) is 9.78. The molecule has 0 aliphatic carbocycles. The average Bonchev–Trinajstić information content (AvgIpc) is 2.95. The molecule has 3 rings (SSSR count). The van der Waals surface area contributed by atoms with Crippen LogP contribution in [0.3, 0.4) is 0 Å². The lowest BCUT2D eigenvalue weighted by atomic mass is 10.0. The fraction of sp³-hybridized carbons (Fsp3) is 0.235. The Hall–Kier alpha value is -1.71. The summed E-state index contributed by atoms with van der Waals surface area (Å²) >= 11 is 1.75. The van der Waals surface area contributed by atoms with Crippen molar-refractivity contribution in [3.05, 3.63) is 64.0 Å². The van der Waals surface area contributed by atoms with E-state index in [1.165, 1.54) is 15.8 Å². The molecular formula is C17H18N2S. The summed E-state index contributed by atoms with van der Waals surface area (Å²) in [5, 5.41) is 3.30. The van der Waals surface area contributed by atoms with Gasteiger partial charge in [0.25, 0.3) is 0 Å². The molecule has 20 heavy (non-hydrogen) atoms. The molecule has 1 aromatic carbocycles. The van der Waals surface area contributed by atoms with Gasteiger partial charge in [0.1, 0.15) is 0 Å². The molecule has 2 N–H and O–H groups in total. The van der Waals surface area contributed by atoms with Crippen molar-refractivity contribution >= 4 is 22.2 Å². The van der Waals surface area contributed by atoms with Crippen LogP contribution in [-0.4, -0.2) is 4.98 Å². The van der Waals surface area contributed by atoms with Crippen molar-refractivity contribution in [2.45, 2.75) is 25.8 Å². The van der Waals surface area contributed by atoms with Crippen LogP contribution in [0, 0.1) is 0 Å². The number of rotatable bonds is 4. The third-order valence-electron chi connectivity index (χ3n) is 3.58. The lowest BCUT2D eigenvalue weighted by molar-refractivity contribution is 0.715. The van der Waals surface area contributed by atoms with E-state index in [2.05, 4.69) is 36.6 Å². The summed E-state index contributed by atoms with van der Waals surface area (Å²) in [6.07, 6.45) is 1.83. The highest BCUT2D eigenvalue weighted by Crippen LogP contribution is 2.26. The number of thiophene rings is 1. The van der Waals surface area contributed by atoms with Crippen LogP contribution in [0.15, 0.2) is 47.8 Å². The minimum Gasteiger partial charge on any atom is -0.323 e. The van der Waals surface area contributed by atoms with Gasteiger partial charge in [-0.15, -0.1) is 11.3 Å². The number of nitrogens with zero attached hydrogens (tertiary/aromatic N) is 1. The van der Waals surface area contributed by atoms with Gasteiger partial charge in [0.15, 0.2) is 0 Å². The monoisotopic (exact) mass is 282 g/mol. The molecule has 0 radical (unpaired) electrons. The number of fused-ring (bicyclic) bond motifs is 1. The zero-order valence-electron chi connectivity index (χ0n) is 11.5. The maximum absolute atomic E-state index is 6.36. The normalized spacial score (nSPS) is 12.7. The van der Waals surface area contributed by atoms with Crippen molar-refractivity contribution in [3.63, 3.8) is 0 Å². The molecule has 2 nitrogen and oxygen atoms in total. The number of benzene rings is 1. The molecule has 3 aromatic rings. The van der Waals surface area contributed by atoms with Gasteiger partial charge in [0.2, 0.25) is 0 Å². The maximum atomic E-state index is 6.36. The molecule has 0 saturated carbocycles. The SMILES string of the molecule is CCc1ccsc1C(N)Cc1ccc2ccccc2n1. The van der Waals surface area contributed by atoms with Gasteiger partial charge in [-0.05, 0) is 35.6 Å². The van der Waals surface area contributed by atoms with Gasteiger partial charge in [-0.2, -0.15) is 0 Å². The molecule has 0 saturated heterocycles. The minimum atomic E-state index is 0.0404. The maximum Gasteiger partial charge on any atom is 0.0705 e. The first kappa shape index (κ1) is 13.3. The summed E-state index contributed by atoms with van der Waals surface area (Å²) < 4.78 is 0. The minimum absolute atomic E-state index is 0.0404. The lowest BCUT2D eigenvalue weighted by Gasteiger charge is -2.12. The Bertz CT molecular complexity index is 718. The number of hydrogen-bond donors (Lipinski definition) is 1. The molecule has 2 heterocycles. The fourth-order valence-electron chi connectivity index (χ4n) is 2.50. The van der Waals surface area contributed by atoms with E-state index in [1.54, 1.807) is 11.3 Å². The van der Waals surface area contributed by atoms with Crippen molar-refractivity contribution in [1.82, 2.24) is 4.98 Å². The van der Waals surface area contributed by atoms with Crippen LogP contribution in [-0.2, 0) is 12.8 Å². The van der Waals surface area contributed by atoms with E-state index in [4.69, 9.17) is 10.7 Å². The predicted octanol–water partition coefficient (Wildman–Crippen LogP) is 4.10. The second-order valence-corrected chi connectivity index (χ2v) is 5.92. The number of aryl methyl sites for hydroxylation is 1. The zero-order chi connectivity index (χ0) is 13.9. The molecule has 0 bridgehead atoms. The smallest absolute Gasteiger partial charge is 0.0705 e. The van der Waals surface area contributed by atoms with E-state index in [0.717, 1.165) is 24.1 Å². The Morgan fingerprint density at radius 1 is 1.15 bits per heavy atom. The summed E-state index contributed by atoms with van der Waals surface area (Å²) in [7, 11) is 0. The Morgan fingerprint density at radius 3 is 2.85 bits per heavy atom. The Balaban J connectivity index is 1.85. The third-order valence-corrected chi connectivity index (χ3v) is 4.67. The average molecular weight is 282 g/mol. The molecule has 0 aliphatic heterocycles. The van der Waals surface area contributed by atoms with Crippen molar-refractivity contribution in [1.29, 1.82) is 0 Å². The molecule has 102 valence electrons. The first-order valence-corrected chi connectivity index (χ1v) is 7.82. The summed E-state index contributed by atoms with van der Waals surface area (Å²) in [5.41, 5.74) is 9.83. The summed E-state index contributed by atoms with van der Waals surface area (Å²) in [5.74, 6) is 0. The van der Waals surface area contributed by atoms with E-state index in [9.17, 15) is 0 Å². The molecule has 0 fully saturated rings. The topological polar surface area (TPSA) is 38.9 Å². The van der Waals surface area contributed by atoms with Gasteiger partial charge in [-0.1, -0.05) is 31.2 Å². The van der Waals surface area contributed by atoms with Gasteiger partial charge in [-0.3, -0.25) is 4.98 Å². The van der Waals surface area contributed by atoms with E-state index >= 15 is 0 Å². The van der Waals surface area contributed by atoms with Crippen LogP contribution >= 0.6 is 11.3 Å². The highest BCUT2D eigenvalue weighted by atomic mass is 32.1. The second-order valence-electron chi connectivity index (χ2n) is 4.97. The van der Waals surface area contributed by atoms with Crippen molar-refractivity contribution in [2.24, 2.45) is 5.73 Å². The summed E-state index contributed by atoms with van der Waals surface area (Å²) in [4.78, 5) is 6.00. The summed E-state index contributed by atoms with van der Waals surface area (Å²) in [6, 6.07) is 14.6. The molecule has 0 aliphatic rings. The molecule has 1 atom stereocenters. The van der Waals surface area contributed by atoms with Crippen LogP contribution in [0.1, 0.15) is 29.1 Å². The van der Waals surface area contributed by atoms with Crippen LogP contribution < -0.4 is 5.73 Å². The molecular weight excluding hydrogens is 264 g/mol. The van der Waals surface area contributed by atoms with Gasteiger partial charge >= 0.3 is 0 Å². The van der Waals surface area contributed by atoms with Gasteiger partial charge in [0.05, 0.1) is 5.52 Å². The van der Waals surface area contributed by atoms with E-state index in [1.807, 2.05) is 18.2 Å². The van der Waals surface area contributed by atoms with Crippen LogP contribution in [0.25, 0.3) is 10.9 Å². The zero-order valence-corrected chi connectivity index (χ0v) is 12.4. The van der Waals surface area contributed by atoms with Crippen molar-refractivity contribution in [2.75, 3.05) is 0 Å². The van der Waals surface area contributed by atoms with Crippen molar-refractivity contribution in [3.8, 4) is 0 Å². The quantitative estimate of drug-likeness (QED) is 0.782. The third kappa shape index (κ3) is 2.60. The largest absolute Gasteiger partial charge is 0.323 e. The van der Waals surface area contributed by atoms with E-state index in [0.29, 0.717) is 0 Å². The molecule has 2 aromatic heterocycles. The highest BCUT2D eigenvalue weighted by molar-refractivity contribution is 7.10. The number of para-hydroxylation sites is 1. The Kier molecular flexibility index (Phi) is 3.81. The lowest BCUT2D eigenvalue weighted by Crippen LogP contribution is -2.14. The Morgan fingerprint density at radius 2 is 2.00 bits per heavy atom. The van der Waals surface area contributed by atoms with Gasteiger partial charge in [-0.25, -0.2) is 0 Å². The Labute approximate surface area is 123 Å².